The van der Waals surface area contributed by atoms with Crippen molar-refractivity contribution in [3.63, 3.8) is 0 Å². The maximum absolute atomic E-state index is 13.0. The SMILES string of the molecule is CC(=O)NC(CC(=O)NCC(F)(F)CN)c1ccc(Br)cc1.Cl. The van der Waals surface area contributed by atoms with Crippen LogP contribution in [-0.2, 0) is 9.59 Å². The van der Waals surface area contributed by atoms with Crippen LogP contribution in [0.4, 0.5) is 8.78 Å². The van der Waals surface area contributed by atoms with Gasteiger partial charge in [0.25, 0.3) is 5.92 Å². The number of rotatable bonds is 7. The molecule has 1 aromatic rings. The molecule has 1 unspecified atom stereocenters. The highest BCUT2D eigenvalue weighted by atomic mass is 79.9. The largest absolute Gasteiger partial charge is 0.350 e. The zero-order valence-electron chi connectivity index (χ0n) is 12.4. The molecule has 1 aromatic carbocycles. The van der Waals surface area contributed by atoms with Gasteiger partial charge in [0.15, 0.2) is 0 Å². The van der Waals surface area contributed by atoms with Gasteiger partial charge in [-0.15, -0.1) is 12.4 Å². The Morgan fingerprint density at radius 3 is 2.35 bits per heavy atom. The third kappa shape index (κ3) is 8.24. The predicted molar refractivity (Wildman–Crippen MR) is 89.6 cm³/mol. The molecule has 0 radical (unpaired) electrons. The number of hydrogen-bond acceptors (Lipinski definition) is 3. The van der Waals surface area contributed by atoms with E-state index in [9.17, 15) is 18.4 Å². The first kappa shape index (κ1) is 21.8. The molecule has 0 saturated heterocycles. The van der Waals surface area contributed by atoms with Gasteiger partial charge in [0, 0.05) is 11.4 Å². The summed E-state index contributed by atoms with van der Waals surface area (Å²) < 4.78 is 26.9. The van der Waals surface area contributed by atoms with Crippen molar-refractivity contribution < 1.29 is 18.4 Å². The van der Waals surface area contributed by atoms with Crippen LogP contribution in [0.3, 0.4) is 0 Å². The molecule has 0 aliphatic rings. The first-order valence-corrected chi connectivity index (χ1v) is 7.40. The van der Waals surface area contributed by atoms with E-state index in [2.05, 4.69) is 26.6 Å². The molecule has 0 aromatic heterocycles. The van der Waals surface area contributed by atoms with Crippen LogP contribution < -0.4 is 16.4 Å². The van der Waals surface area contributed by atoms with Crippen LogP contribution in [0.1, 0.15) is 24.9 Å². The Kier molecular flexibility index (Phi) is 9.26. The molecule has 4 N–H and O–H groups in total. The van der Waals surface area contributed by atoms with E-state index in [1.807, 2.05) is 0 Å². The molecule has 0 aliphatic heterocycles. The van der Waals surface area contributed by atoms with Crippen molar-refractivity contribution in [3.8, 4) is 0 Å². The molecule has 9 heteroatoms. The smallest absolute Gasteiger partial charge is 0.277 e. The lowest BCUT2D eigenvalue weighted by Crippen LogP contribution is -2.42. The minimum Gasteiger partial charge on any atom is -0.350 e. The molecule has 0 heterocycles. The van der Waals surface area contributed by atoms with Crippen molar-refractivity contribution >= 4 is 40.2 Å². The predicted octanol–water partition coefficient (Wildman–Crippen LogP) is 2.15. The van der Waals surface area contributed by atoms with Crippen LogP contribution in [0, 0.1) is 0 Å². The molecule has 0 aliphatic carbocycles. The van der Waals surface area contributed by atoms with Gasteiger partial charge in [-0.3, -0.25) is 9.59 Å². The molecular formula is C14H19BrClF2N3O2. The average Bonchev–Trinajstić information content (AvgIpc) is 2.45. The third-order valence-corrected chi connectivity index (χ3v) is 3.41. The second-order valence-electron chi connectivity index (χ2n) is 4.85. The molecule has 0 saturated carbocycles. The average molecular weight is 415 g/mol. The van der Waals surface area contributed by atoms with E-state index in [0.717, 1.165) is 4.47 Å². The Bertz CT molecular complexity index is 529. The van der Waals surface area contributed by atoms with E-state index in [4.69, 9.17) is 5.73 Å². The number of carbonyl (C=O) groups is 2. The molecule has 130 valence electrons. The van der Waals surface area contributed by atoms with Crippen LogP contribution in [0.5, 0.6) is 0 Å². The zero-order valence-corrected chi connectivity index (χ0v) is 14.8. The number of carbonyl (C=O) groups excluding carboxylic acids is 2. The van der Waals surface area contributed by atoms with Crippen molar-refractivity contribution in [3.05, 3.63) is 34.3 Å². The van der Waals surface area contributed by atoms with Crippen LogP contribution in [-0.4, -0.2) is 30.8 Å². The zero-order chi connectivity index (χ0) is 16.8. The van der Waals surface area contributed by atoms with E-state index in [-0.39, 0.29) is 24.7 Å². The Hall–Kier alpha value is -1.25. The van der Waals surface area contributed by atoms with Gasteiger partial charge < -0.3 is 16.4 Å². The van der Waals surface area contributed by atoms with Crippen molar-refractivity contribution in [2.24, 2.45) is 5.73 Å². The van der Waals surface area contributed by atoms with Gasteiger partial charge in [-0.25, -0.2) is 8.78 Å². The van der Waals surface area contributed by atoms with Crippen LogP contribution in [0.2, 0.25) is 0 Å². The molecule has 0 fully saturated rings. The molecule has 1 atom stereocenters. The summed E-state index contributed by atoms with van der Waals surface area (Å²) in [5.41, 5.74) is 5.61. The second kappa shape index (κ2) is 9.79. The van der Waals surface area contributed by atoms with Gasteiger partial charge in [-0.2, -0.15) is 0 Å². The normalized spacial score (nSPS) is 12.0. The maximum atomic E-state index is 13.0. The number of amides is 2. The van der Waals surface area contributed by atoms with Crippen LogP contribution in [0.25, 0.3) is 0 Å². The summed E-state index contributed by atoms with van der Waals surface area (Å²) in [4.78, 5) is 23.0. The number of alkyl halides is 2. The molecule has 23 heavy (non-hydrogen) atoms. The van der Waals surface area contributed by atoms with E-state index in [0.29, 0.717) is 5.56 Å². The topological polar surface area (TPSA) is 84.2 Å². The van der Waals surface area contributed by atoms with Crippen molar-refractivity contribution in [1.29, 1.82) is 0 Å². The van der Waals surface area contributed by atoms with Crippen molar-refractivity contribution in [1.82, 2.24) is 10.6 Å². The Morgan fingerprint density at radius 2 is 1.87 bits per heavy atom. The summed E-state index contributed by atoms with van der Waals surface area (Å²) >= 11 is 3.29. The number of nitrogens with two attached hydrogens (primary N) is 1. The fourth-order valence-corrected chi connectivity index (χ4v) is 2.01. The van der Waals surface area contributed by atoms with Gasteiger partial charge in [-0.05, 0) is 17.7 Å². The van der Waals surface area contributed by atoms with E-state index < -0.39 is 31.0 Å². The quantitative estimate of drug-likeness (QED) is 0.639. The summed E-state index contributed by atoms with van der Waals surface area (Å²) in [6.07, 6.45) is -0.137. The minimum atomic E-state index is -3.14. The van der Waals surface area contributed by atoms with E-state index in [1.165, 1.54) is 6.92 Å². The third-order valence-electron chi connectivity index (χ3n) is 2.88. The van der Waals surface area contributed by atoms with Gasteiger partial charge in [0.1, 0.15) is 0 Å². The Balaban J connectivity index is 0.00000484. The minimum absolute atomic E-state index is 0. The first-order chi connectivity index (χ1) is 10.2. The van der Waals surface area contributed by atoms with E-state index in [1.54, 1.807) is 24.3 Å². The molecule has 0 spiro atoms. The van der Waals surface area contributed by atoms with Crippen LogP contribution >= 0.6 is 28.3 Å². The molecular weight excluding hydrogens is 396 g/mol. The Labute approximate surface area is 147 Å². The molecule has 5 nitrogen and oxygen atoms in total. The summed E-state index contributed by atoms with van der Waals surface area (Å²) in [5.74, 6) is -4.04. The highest BCUT2D eigenvalue weighted by Crippen LogP contribution is 2.20. The van der Waals surface area contributed by atoms with Crippen molar-refractivity contribution in [2.45, 2.75) is 25.3 Å². The lowest BCUT2D eigenvalue weighted by Gasteiger charge is -2.19. The summed E-state index contributed by atoms with van der Waals surface area (Å²) in [6.45, 7) is -0.336. The molecule has 0 bridgehead atoms. The number of benzene rings is 1. The van der Waals surface area contributed by atoms with Gasteiger partial charge >= 0.3 is 0 Å². The fraction of sp³-hybridized carbons (Fsp3) is 0.429. The highest BCUT2D eigenvalue weighted by Gasteiger charge is 2.27. The fourth-order valence-electron chi connectivity index (χ4n) is 1.75. The lowest BCUT2D eigenvalue weighted by molar-refractivity contribution is -0.124. The molecule has 2 amide bonds. The Morgan fingerprint density at radius 1 is 1.30 bits per heavy atom. The van der Waals surface area contributed by atoms with Gasteiger partial charge in [0.2, 0.25) is 11.8 Å². The van der Waals surface area contributed by atoms with Crippen molar-refractivity contribution in [2.75, 3.05) is 13.1 Å². The summed E-state index contributed by atoms with van der Waals surface area (Å²) in [6, 6.07) is 6.44. The highest BCUT2D eigenvalue weighted by molar-refractivity contribution is 9.10. The van der Waals surface area contributed by atoms with Gasteiger partial charge in [0.05, 0.1) is 25.6 Å². The number of hydrogen-bond donors (Lipinski definition) is 3. The standard InChI is InChI=1S/C14H18BrF2N3O2.ClH/c1-9(21)20-12(10-2-4-11(15)5-3-10)6-13(22)19-8-14(16,17)7-18;/h2-5,12H,6-8,18H2,1H3,(H,19,22)(H,20,21);1H. The monoisotopic (exact) mass is 413 g/mol. The summed E-state index contributed by atoms with van der Waals surface area (Å²) in [7, 11) is 0. The summed E-state index contributed by atoms with van der Waals surface area (Å²) in [5, 5.41) is 4.76. The van der Waals surface area contributed by atoms with Crippen LogP contribution in [0.15, 0.2) is 28.7 Å². The molecule has 1 rings (SSSR count). The maximum Gasteiger partial charge on any atom is 0.277 e. The van der Waals surface area contributed by atoms with Gasteiger partial charge in [-0.1, -0.05) is 28.1 Å². The van der Waals surface area contributed by atoms with E-state index >= 15 is 0 Å². The lowest BCUT2D eigenvalue weighted by atomic mass is 10.0. The number of nitrogens with one attached hydrogen (secondary N) is 2. The number of halogens is 4. The first-order valence-electron chi connectivity index (χ1n) is 6.60. The second-order valence-corrected chi connectivity index (χ2v) is 5.76.